The molecule has 0 saturated carbocycles. The van der Waals surface area contributed by atoms with Gasteiger partial charge in [0.1, 0.15) is 0 Å². The molecule has 0 aliphatic carbocycles. The van der Waals surface area contributed by atoms with Crippen molar-refractivity contribution >= 4 is 11.8 Å². The highest BCUT2D eigenvalue weighted by molar-refractivity contribution is 6.35. The number of rotatable bonds is 6. The van der Waals surface area contributed by atoms with Crippen LogP contribution in [-0.4, -0.2) is 24.4 Å². The Hall–Kier alpha value is -2.10. The quantitative estimate of drug-likeness (QED) is 0.600. The van der Waals surface area contributed by atoms with Crippen LogP contribution in [0.3, 0.4) is 0 Å². The number of carbonyl (C=O) groups is 2. The summed E-state index contributed by atoms with van der Waals surface area (Å²) in [6, 6.07) is 10.00. The van der Waals surface area contributed by atoms with E-state index in [-0.39, 0.29) is 6.04 Å². The predicted molar refractivity (Wildman–Crippen MR) is 75.6 cm³/mol. The summed E-state index contributed by atoms with van der Waals surface area (Å²) in [5.41, 5.74) is 1.22. The molecule has 0 saturated heterocycles. The smallest absolute Gasteiger partial charge is 0.309 e. The van der Waals surface area contributed by atoms with Crippen molar-refractivity contribution in [3.63, 3.8) is 0 Å². The first-order valence-electron chi connectivity index (χ1n) is 6.37. The van der Waals surface area contributed by atoms with Gasteiger partial charge in [0.2, 0.25) is 0 Å². The molecule has 0 heterocycles. The number of amides is 2. The van der Waals surface area contributed by atoms with E-state index in [9.17, 15) is 9.59 Å². The van der Waals surface area contributed by atoms with Crippen LogP contribution >= 0.6 is 0 Å². The molecule has 0 unspecified atom stereocenters. The maximum Gasteiger partial charge on any atom is 0.309 e. The first-order chi connectivity index (χ1) is 9.13. The van der Waals surface area contributed by atoms with Crippen molar-refractivity contribution in [3.05, 3.63) is 48.6 Å². The molecule has 1 rings (SSSR count). The fourth-order valence-electron chi connectivity index (χ4n) is 1.63. The Balaban J connectivity index is 2.30. The summed E-state index contributed by atoms with van der Waals surface area (Å²) in [4.78, 5) is 22.9. The van der Waals surface area contributed by atoms with E-state index in [1.165, 1.54) is 11.6 Å². The Labute approximate surface area is 113 Å². The minimum absolute atomic E-state index is 0.0396. The van der Waals surface area contributed by atoms with Crippen LogP contribution in [0.2, 0.25) is 0 Å². The highest BCUT2D eigenvalue weighted by atomic mass is 16.2. The van der Waals surface area contributed by atoms with Gasteiger partial charge in [-0.1, -0.05) is 36.4 Å². The van der Waals surface area contributed by atoms with Crippen LogP contribution in [0.15, 0.2) is 43.0 Å². The molecule has 4 nitrogen and oxygen atoms in total. The maximum absolute atomic E-state index is 11.5. The molecule has 2 amide bonds. The average molecular weight is 260 g/mol. The number of hydrogen-bond donors (Lipinski definition) is 2. The molecule has 1 aromatic carbocycles. The maximum atomic E-state index is 11.5. The molecule has 19 heavy (non-hydrogen) atoms. The molecule has 1 atom stereocenters. The molecule has 0 spiro atoms. The first-order valence-corrected chi connectivity index (χ1v) is 6.37. The molecule has 0 aliphatic heterocycles. The van der Waals surface area contributed by atoms with Crippen LogP contribution in [0.5, 0.6) is 0 Å². The summed E-state index contributed by atoms with van der Waals surface area (Å²) in [5.74, 6) is -1.21. The number of aryl methyl sites for hydroxylation is 1. The predicted octanol–water partition coefficient (Wildman–Crippen LogP) is 1.43. The van der Waals surface area contributed by atoms with Crippen LogP contribution in [-0.2, 0) is 16.0 Å². The summed E-state index contributed by atoms with van der Waals surface area (Å²) < 4.78 is 0. The molecule has 0 aromatic heterocycles. The van der Waals surface area contributed by atoms with Gasteiger partial charge in [-0.25, -0.2) is 0 Å². The third-order valence-corrected chi connectivity index (χ3v) is 2.70. The van der Waals surface area contributed by atoms with E-state index in [0.717, 1.165) is 12.8 Å². The Morgan fingerprint density at radius 1 is 1.26 bits per heavy atom. The van der Waals surface area contributed by atoms with Crippen molar-refractivity contribution in [1.82, 2.24) is 10.6 Å². The van der Waals surface area contributed by atoms with Gasteiger partial charge in [0.25, 0.3) is 0 Å². The van der Waals surface area contributed by atoms with Gasteiger partial charge in [0.15, 0.2) is 0 Å². The fraction of sp³-hybridized carbons (Fsp3) is 0.333. The normalized spacial score (nSPS) is 11.4. The second-order valence-corrected chi connectivity index (χ2v) is 4.40. The van der Waals surface area contributed by atoms with Gasteiger partial charge in [-0.3, -0.25) is 9.59 Å². The lowest BCUT2D eigenvalue weighted by molar-refractivity contribution is -0.139. The monoisotopic (exact) mass is 260 g/mol. The lowest BCUT2D eigenvalue weighted by Crippen LogP contribution is -2.43. The van der Waals surface area contributed by atoms with Gasteiger partial charge in [0, 0.05) is 12.6 Å². The topological polar surface area (TPSA) is 58.2 Å². The van der Waals surface area contributed by atoms with Crippen molar-refractivity contribution in [2.75, 3.05) is 6.54 Å². The Bertz CT molecular complexity index is 429. The van der Waals surface area contributed by atoms with Gasteiger partial charge in [0.05, 0.1) is 0 Å². The van der Waals surface area contributed by atoms with Crippen LogP contribution in [0.25, 0.3) is 0 Å². The second-order valence-electron chi connectivity index (χ2n) is 4.40. The Morgan fingerprint density at radius 2 is 1.95 bits per heavy atom. The number of hydrogen-bond acceptors (Lipinski definition) is 2. The molecule has 1 aromatic rings. The SMILES string of the molecule is C=CCNC(=O)C(=O)N[C@@H](C)CCc1ccccc1. The zero-order valence-corrected chi connectivity index (χ0v) is 11.2. The molecule has 0 fully saturated rings. The van der Waals surface area contributed by atoms with Crippen LogP contribution in [0, 0.1) is 0 Å². The molecule has 0 aliphatic rings. The van der Waals surface area contributed by atoms with Gasteiger partial charge in [-0.15, -0.1) is 6.58 Å². The molecular formula is C15H20N2O2. The van der Waals surface area contributed by atoms with Gasteiger partial charge < -0.3 is 10.6 Å². The summed E-state index contributed by atoms with van der Waals surface area (Å²) in [6.45, 7) is 5.66. The number of carbonyl (C=O) groups excluding carboxylic acids is 2. The van der Waals surface area contributed by atoms with Crippen molar-refractivity contribution < 1.29 is 9.59 Å². The fourth-order valence-corrected chi connectivity index (χ4v) is 1.63. The highest BCUT2D eigenvalue weighted by Gasteiger charge is 2.14. The van der Waals surface area contributed by atoms with E-state index in [2.05, 4.69) is 17.2 Å². The van der Waals surface area contributed by atoms with E-state index in [1.54, 1.807) is 0 Å². The number of benzene rings is 1. The molecule has 4 heteroatoms. The molecule has 102 valence electrons. The lowest BCUT2D eigenvalue weighted by Gasteiger charge is -2.13. The molecule has 0 radical (unpaired) electrons. The lowest BCUT2D eigenvalue weighted by atomic mass is 10.1. The van der Waals surface area contributed by atoms with Crippen molar-refractivity contribution in [1.29, 1.82) is 0 Å². The third kappa shape index (κ3) is 5.86. The van der Waals surface area contributed by atoms with E-state index < -0.39 is 11.8 Å². The first kappa shape index (κ1) is 15.0. The Morgan fingerprint density at radius 3 is 2.58 bits per heavy atom. The van der Waals surface area contributed by atoms with Crippen molar-refractivity contribution in [3.8, 4) is 0 Å². The molecular weight excluding hydrogens is 240 g/mol. The van der Waals surface area contributed by atoms with E-state index in [1.807, 2.05) is 37.3 Å². The summed E-state index contributed by atoms with van der Waals surface area (Å²) in [7, 11) is 0. The summed E-state index contributed by atoms with van der Waals surface area (Å²) >= 11 is 0. The number of nitrogens with one attached hydrogen (secondary N) is 2. The highest BCUT2D eigenvalue weighted by Crippen LogP contribution is 2.04. The summed E-state index contributed by atoms with van der Waals surface area (Å²) in [6.07, 6.45) is 3.20. The third-order valence-electron chi connectivity index (χ3n) is 2.70. The second kappa shape index (κ2) is 8.08. The zero-order valence-electron chi connectivity index (χ0n) is 11.2. The van der Waals surface area contributed by atoms with E-state index >= 15 is 0 Å². The van der Waals surface area contributed by atoms with Gasteiger partial charge in [-0.2, -0.15) is 0 Å². The van der Waals surface area contributed by atoms with Gasteiger partial charge in [-0.05, 0) is 25.3 Å². The van der Waals surface area contributed by atoms with E-state index in [4.69, 9.17) is 0 Å². The average Bonchev–Trinajstić information content (AvgIpc) is 2.43. The zero-order chi connectivity index (χ0) is 14.1. The van der Waals surface area contributed by atoms with Crippen molar-refractivity contribution in [2.24, 2.45) is 0 Å². The molecule has 2 N–H and O–H groups in total. The minimum atomic E-state index is -0.619. The standard InChI is InChI=1S/C15H20N2O2/c1-3-11-16-14(18)15(19)17-12(2)9-10-13-7-5-4-6-8-13/h3-8,12H,1,9-11H2,2H3,(H,16,18)(H,17,19)/t12-/m0/s1. The minimum Gasteiger partial charge on any atom is -0.345 e. The van der Waals surface area contributed by atoms with Crippen LogP contribution in [0.1, 0.15) is 18.9 Å². The Kier molecular flexibility index (Phi) is 6.36. The summed E-state index contributed by atoms with van der Waals surface area (Å²) in [5, 5.41) is 5.12. The van der Waals surface area contributed by atoms with Gasteiger partial charge >= 0.3 is 11.8 Å². The largest absolute Gasteiger partial charge is 0.345 e. The van der Waals surface area contributed by atoms with Crippen molar-refractivity contribution in [2.45, 2.75) is 25.8 Å². The molecule has 0 bridgehead atoms. The van der Waals surface area contributed by atoms with E-state index in [0.29, 0.717) is 6.54 Å². The van der Waals surface area contributed by atoms with Crippen LogP contribution in [0.4, 0.5) is 0 Å². The van der Waals surface area contributed by atoms with Crippen LogP contribution < -0.4 is 10.6 Å².